The summed E-state index contributed by atoms with van der Waals surface area (Å²) in [5, 5.41) is 13.9. The number of para-hydroxylation sites is 3. The van der Waals surface area contributed by atoms with E-state index in [-0.39, 0.29) is 0 Å². The zero-order valence-electron chi connectivity index (χ0n) is 26.7. The summed E-state index contributed by atoms with van der Waals surface area (Å²) in [5.41, 5.74) is 11.5. The molecule has 0 saturated carbocycles. The summed E-state index contributed by atoms with van der Waals surface area (Å²) in [6.07, 6.45) is 0. The highest BCUT2D eigenvalue weighted by Gasteiger charge is 2.20. The first-order valence-corrected chi connectivity index (χ1v) is 16.2. The molecule has 0 radical (unpaired) electrons. The maximum Gasteiger partial charge on any atom is 0.211 e. The number of nitrogens with zero attached hydrogens (tertiary/aromatic N) is 5. The van der Waals surface area contributed by atoms with Crippen molar-refractivity contribution in [1.29, 1.82) is 5.26 Å². The van der Waals surface area contributed by atoms with Crippen LogP contribution in [0.1, 0.15) is 5.56 Å². The van der Waals surface area contributed by atoms with Crippen LogP contribution in [0.2, 0.25) is 0 Å². The molecule has 50 heavy (non-hydrogen) atoms. The Hall–Kier alpha value is -7.39. The van der Waals surface area contributed by atoms with Gasteiger partial charge in [-0.25, -0.2) is 9.69 Å². The number of fused-ring (bicyclic) bond motifs is 6. The van der Waals surface area contributed by atoms with Gasteiger partial charge in [0.2, 0.25) is 5.69 Å². The minimum absolute atomic E-state index is 0.503. The summed E-state index contributed by atoms with van der Waals surface area (Å²) in [6, 6.07) is 53.5. The third-order valence-corrected chi connectivity index (χ3v) is 9.56. The first-order chi connectivity index (χ1) is 24.7. The Morgan fingerprint density at radius 1 is 0.500 bits per heavy atom. The highest BCUT2D eigenvalue weighted by molar-refractivity contribution is 6.14. The summed E-state index contributed by atoms with van der Waals surface area (Å²) >= 11 is 0. The van der Waals surface area contributed by atoms with Crippen molar-refractivity contribution in [2.45, 2.75) is 0 Å². The number of rotatable bonds is 4. The van der Waals surface area contributed by atoms with Gasteiger partial charge in [0.1, 0.15) is 0 Å². The van der Waals surface area contributed by atoms with Crippen LogP contribution < -0.4 is 0 Å². The number of hydrogen-bond acceptors (Lipinski definition) is 1. The molecule has 0 N–H and O–H groups in total. The monoisotopic (exact) mass is 635 g/mol. The molecule has 2 aromatic heterocycles. The van der Waals surface area contributed by atoms with E-state index in [0.29, 0.717) is 16.9 Å². The number of aromatic nitrogens is 2. The molecule has 0 spiro atoms. The largest absolute Gasteiger partial charge is 0.320 e. The molecule has 230 valence electrons. The summed E-state index contributed by atoms with van der Waals surface area (Å²) < 4.78 is 4.41. The van der Waals surface area contributed by atoms with Crippen LogP contribution in [-0.4, -0.2) is 9.13 Å². The second-order valence-corrected chi connectivity index (χ2v) is 12.3. The Morgan fingerprint density at radius 3 is 1.90 bits per heavy atom. The number of nitriles is 1. The molecule has 5 heteroatoms. The lowest BCUT2D eigenvalue weighted by Gasteiger charge is -2.16. The lowest BCUT2D eigenvalue weighted by molar-refractivity contribution is 1.18. The van der Waals surface area contributed by atoms with Crippen molar-refractivity contribution in [3.05, 3.63) is 180 Å². The zero-order valence-corrected chi connectivity index (χ0v) is 26.7. The summed E-state index contributed by atoms with van der Waals surface area (Å²) in [5.74, 6) is 0. The molecule has 2 heterocycles. The van der Waals surface area contributed by atoms with Crippen molar-refractivity contribution in [1.82, 2.24) is 9.13 Å². The number of hydrogen-bond donors (Lipinski definition) is 0. The van der Waals surface area contributed by atoms with Gasteiger partial charge in [0.15, 0.2) is 5.69 Å². The topological polar surface area (TPSA) is 42.4 Å². The first-order valence-electron chi connectivity index (χ1n) is 16.2. The van der Waals surface area contributed by atoms with E-state index in [4.69, 9.17) is 13.1 Å². The molecule has 0 bridgehead atoms. The highest BCUT2D eigenvalue weighted by atomic mass is 15.0. The Balaban J connectivity index is 1.24. The first kappa shape index (κ1) is 28.8. The third-order valence-electron chi connectivity index (χ3n) is 9.56. The van der Waals surface area contributed by atoms with Crippen molar-refractivity contribution >= 4 is 55.0 Å². The van der Waals surface area contributed by atoms with Gasteiger partial charge in [-0.15, -0.1) is 0 Å². The van der Waals surface area contributed by atoms with Crippen LogP contribution in [-0.2, 0) is 0 Å². The Bertz CT molecular complexity index is 2920. The van der Waals surface area contributed by atoms with Gasteiger partial charge in [-0.1, -0.05) is 97.1 Å². The average Bonchev–Trinajstić information content (AvgIpc) is 3.70. The van der Waals surface area contributed by atoms with E-state index < -0.39 is 0 Å². The van der Waals surface area contributed by atoms with E-state index in [2.05, 4.69) is 122 Å². The second kappa shape index (κ2) is 11.4. The van der Waals surface area contributed by atoms with Crippen LogP contribution in [0.15, 0.2) is 152 Å². The molecule has 0 aliphatic rings. The lowest BCUT2D eigenvalue weighted by atomic mass is 9.97. The van der Waals surface area contributed by atoms with Crippen molar-refractivity contribution in [2.75, 3.05) is 0 Å². The standard InChI is InChI=1S/C45H25N5/c1-47-33-21-22-35(44(27-33)50-43-23-20-29(28-46)24-39(43)38-16-9-17-40(48-2)45(38)50)32-12-7-10-30(25-32)31-11-8-13-34(26-31)49-41-18-5-3-14-36(41)37-15-4-6-19-42(37)49/h3-27H. The molecule has 0 unspecified atom stereocenters. The van der Waals surface area contributed by atoms with Crippen LogP contribution >= 0.6 is 0 Å². The second-order valence-electron chi connectivity index (χ2n) is 12.3. The lowest BCUT2D eigenvalue weighted by Crippen LogP contribution is -1.98. The van der Waals surface area contributed by atoms with Gasteiger partial charge in [0.25, 0.3) is 0 Å². The van der Waals surface area contributed by atoms with E-state index in [1.54, 1.807) is 6.07 Å². The minimum atomic E-state index is 0.503. The van der Waals surface area contributed by atoms with Gasteiger partial charge in [-0.05, 0) is 76.7 Å². The molecular formula is C45H25N5. The molecule has 0 amide bonds. The maximum atomic E-state index is 9.70. The maximum absolute atomic E-state index is 9.70. The molecule has 7 aromatic carbocycles. The molecule has 0 aliphatic carbocycles. The highest BCUT2D eigenvalue weighted by Crippen LogP contribution is 2.42. The normalized spacial score (nSPS) is 11.1. The van der Waals surface area contributed by atoms with Crippen LogP contribution in [0.25, 0.3) is 86.9 Å². The van der Waals surface area contributed by atoms with E-state index >= 15 is 0 Å². The smallest absolute Gasteiger partial charge is 0.211 e. The Morgan fingerprint density at radius 2 is 1.16 bits per heavy atom. The van der Waals surface area contributed by atoms with Crippen molar-refractivity contribution in [3.8, 4) is 39.7 Å². The number of benzene rings is 7. The molecule has 5 nitrogen and oxygen atoms in total. The Labute approximate surface area is 288 Å². The molecule has 0 fully saturated rings. The van der Waals surface area contributed by atoms with Crippen LogP contribution in [0.3, 0.4) is 0 Å². The van der Waals surface area contributed by atoms with Gasteiger partial charge in [0, 0.05) is 33.1 Å². The molecule has 0 aliphatic heterocycles. The van der Waals surface area contributed by atoms with E-state index in [9.17, 15) is 5.26 Å². The third kappa shape index (κ3) is 4.38. The van der Waals surface area contributed by atoms with E-state index in [0.717, 1.165) is 66.5 Å². The van der Waals surface area contributed by atoms with Crippen LogP contribution in [0.5, 0.6) is 0 Å². The molecule has 9 aromatic rings. The van der Waals surface area contributed by atoms with Gasteiger partial charge in [-0.3, -0.25) is 0 Å². The molecule has 9 rings (SSSR count). The van der Waals surface area contributed by atoms with Gasteiger partial charge < -0.3 is 9.13 Å². The van der Waals surface area contributed by atoms with Crippen molar-refractivity contribution in [2.24, 2.45) is 0 Å². The molecule has 0 saturated heterocycles. The van der Waals surface area contributed by atoms with Gasteiger partial charge in [-0.2, -0.15) is 5.26 Å². The van der Waals surface area contributed by atoms with Crippen LogP contribution in [0.4, 0.5) is 11.4 Å². The summed E-state index contributed by atoms with van der Waals surface area (Å²) in [6.45, 7) is 15.9. The van der Waals surface area contributed by atoms with E-state index in [1.807, 2.05) is 48.5 Å². The predicted molar refractivity (Wildman–Crippen MR) is 203 cm³/mol. The van der Waals surface area contributed by atoms with Crippen molar-refractivity contribution in [3.63, 3.8) is 0 Å². The summed E-state index contributed by atoms with van der Waals surface area (Å²) in [7, 11) is 0. The van der Waals surface area contributed by atoms with Crippen LogP contribution in [0, 0.1) is 24.5 Å². The fourth-order valence-electron chi connectivity index (χ4n) is 7.37. The van der Waals surface area contributed by atoms with Gasteiger partial charge in [0.05, 0.1) is 46.8 Å². The molecular weight excluding hydrogens is 611 g/mol. The minimum Gasteiger partial charge on any atom is -0.320 e. The molecule has 0 atom stereocenters. The average molecular weight is 636 g/mol. The predicted octanol–water partition coefficient (Wildman–Crippen LogP) is 12.2. The van der Waals surface area contributed by atoms with Gasteiger partial charge >= 0.3 is 0 Å². The Kier molecular flexibility index (Phi) is 6.56. The van der Waals surface area contributed by atoms with E-state index in [1.165, 1.54) is 10.8 Å². The SMILES string of the molecule is [C-]#[N+]c1ccc(-c2cccc(-c3cccc(-n4c5ccccc5c5ccccc54)c3)c2)c(-n2c3ccc(C#N)cc3c3cccc([N+]#[C-])c32)c1. The summed E-state index contributed by atoms with van der Waals surface area (Å²) in [4.78, 5) is 7.67. The quantitative estimate of drug-likeness (QED) is 0.177. The zero-order chi connectivity index (χ0) is 33.8. The fraction of sp³-hybridized carbons (Fsp3) is 0. The van der Waals surface area contributed by atoms with Crippen molar-refractivity contribution < 1.29 is 0 Å². The fourth-order valence-corrected chi connectivity index (χ4v) is 7.37.